The first-order valence-corrected chi connectivity index (χ1v) is 9.22. The van der Waals surface area contributed by atoms with Crippen LogP contribution < -0.4 is 10.6 Å². The molecule has 0 saturated heterocycles. The van der Waals surface area contributed by atoms with E-state index in [-0.39, 0.29) is 18.9 Å². The first-order valence-electron chi connectivity index (χ1n) is 8.43. The minimum absolute atomic E-state index is 0.0906. The Hall–Kier alpha value is -2.35. The molecule has 148 valence electrons. The molecule has 0 aliphatic carbocycles. The summed E-state index contributed by atoms with van der Waals surface area (Å²) in [6.07, 6.45) is -0.547. The zero-order valence-corrected chi connectivity index (χ0v) is 17.2. The highest BCUT2D eigenvalue weighted by Gasteiger charge is 2.29. The molecular weight excluding hydrogens is 416 g/mol. The molecule has 0 aromatic heterocycles. The quantitative estimate of drug-likeness (QED) is 0.575. The van der Waals surface area contributed by atoms with E-state index in [2.05, 4.69) is 33.1 Å². The minimum Gasteiger partial charge on any atom is -0.467 e. The molecule has 7 nitrogen and oxygen atoms in total. The fourth-order valence-electron chi connectivity index (χ4n) is 2.25. The molecule has 8 heteroatoms. The Balaban J connectivity index is 2.69. The minimum atomic E-state index is -0.905. The average Bonchev–Trinajstić information content (AvgIpc) is 2.63. The van der Waals surface area contributed by atoms with E-state index < -0.39 is 30.1 Å². The Morgan fingerprint density at radius 3 is 2.30 bits per heavy atom. The fourth-order valence-corrected chi connectivity index (χ4v) is 2.57. The van der Waals surface area contributed by atoms with Gasteiger partial charge in [-0.3, -0.25) is 4.79 Å². The predicted molar refractivity (Wildman–Crippen MR) is 105 cm³/mol. The molecule has 1 rings (SSSR count). The van der Waals surface area contributed by atoms with Crippen molar-refractivity contribution >= 4 is 33.9 Å². The lowest BCUT2D eigenvalue weighted by atomic mass is 10.0. The van der Waals surface area contributed by atoms with E-state index in [1.165, 1.54) is 7.11 Å². The first-order chi connectivity index (χ1) is 12.7. The van der Waals surface area contributed by atoms with Crippen molar-refractivity contribution < 1.29 is 23.9 Å². The molecule has 0 saturated carbocycles. The molecule has 0 spiro atoms. The number of amides is 2. The molecule has 1 aromatic carbocycles. The average molecular weight is 441 g/mol. The van der Waals surface area contributed by atoms with Crippen molar-refractivity contribution in [2.24, 2.45) is 5.92 Å². The highest BCUT2D eigenvalue weighted by Crippen LogP contribution is 2.12. The summed E-state index contributed by atoms with van der Waals surface area (Å²) >= 11 is 3.17. The van der Waals surface area contributed by atoms with Crippen LogP contribution in [0.15, 0.2) is 41.4 Å². The van der Waals surface area contributed by atoms with Gasteiger partial charge in [0.05, 0.1) is 7.11 Å². The van der Waals surface area contributed by atoms with Gasteiger partial charge in [0, 0.05) is 6.42 Å². The number of rotatable bonds is 9. The van der Waals surface area contributed by atoms with Gasteiger partial charge in [0.15, 0.2) is 0 Å². The Morgan fingerprint density at radius 2 is 1.78 bits per heavy atom. The van der Waals surface area contributed by atoms with Gasteiger partial charge in [-0.15, -0.1) is 0 Å². The molecular formula is C19H25BrN2O5. The van der Waals surface area contributed by atoms with Crippen molar-refractivity contribution in [2.75, 3.05) is 7.11 Å². The maximum absolute atomic E-state index is 12.6. The molecule has 0 aliphatic heterocycles. The zero-order valence-electron chi connectivity index (χ0n) is 15.7. The summed E-state index contributed by atoms with van der Waals surface area (Å²) < 4.78 is 10.4. The summed E-state index contributed by atoms with van der Waals surface area (Å²) in [6, 6.07) is 7.42. The normalized spacial score (nSPS) is 12.6. The van der Waals surface area contributed by atoms with Crippen LogP contribution in [0.2, 0.25) is 0 Å². The monoisotopic (exact) mass is 440 g/mol. The molecule has 0 radical (unpaired) electrons. The molecule has 0 fully saturated rings. The third-order valence-electron chi connectivity index (χ3n) is 3.66. The molecule has 0 unspecified atom stereocenters. The van der Waals surface area contributed by atoms with Crippen LogP contribution in [0.4, 0.5) is 4.79 Å². The van der Waals surface area contributed by atoms with Crippen molar-refractivity contribution in [1.29, 1.82) is 0 Å². The van der Waals surface area contributed by atoms with E-state index >= 15 is 0 Å². The highest BCUT2D eigenvalue weighted by atomic mass is 79.9. The molecule has 0 bridgehead atoms. The second kappa shape index (κ2) is 11.4. The summed E-state index contributed by atoms with van der Waals surface area (Å²) in [5, 5.41) is 5.13. The number of hydrogen-bond donors (Lipinski definition) is 2. The maximum Gasteiger partial charge on any atom is 0.408 e. The largest absolute Gasteiger partial charge is 0.467 e. The Morgan fingerprint density at radius 1 is 1.15 bits per heavy atom. The van der Waals surface area contributed by atoms with Gasteiger partial charge >= 0.3 is 12.1 Å². The van der Waals surface area contributed by atoms with E-state index in [0.29, 0.717) is 4.48 Å². The van der Waals surface area contributed by atoms with Gasteiger partial charge < -0.3 is 20.1 Å². The van der Waals surface area contributed by atoms with Gasteiger partial charge in [0.2, 0.25) is 5.91 Å². The smallest absolute Gasteiger partial charge is 0.408 e. The van der Waals surface area contributed by atoms with Crippen LogP contribution in [0.25, 0.3) is 0 Å². The van der Waals surface area contributed by atoms with Crippen molar-refractivity contribution in [3.8, 4) is 0 Å². The lowest BCUT2D eigenvalue weighted by Gasteiger charge is -2.24. The van der Waals surface area contributed by atoms with Gasteiger partial charge in [0.25, 0.3) is 0 Å². The first kappa shape index (κ1) is 22.7. The molecule has 0 aliphatic rings. The van der Waals surface area contributed by atoms with Gasteiger partial charge in [-0.2, -0.15) is 0 Å². The Kier molecular flexibility index (Phi) is 9.56. The van der Waals surface area contributed by atoms with Crippen molar-refractivity contribution in [2.45, 2.75) is 39.0 Å². The Bertz CT molecular complexity index is 663. The number of ether oxygens (including phenoxy) is 2. The summed E-state index contributed by atoms with van der Waals surface area (Å²) in [5.74, 6) is -1.33. The molecule has 2 amide bonds. The van der Waals surface area contributed by atoms with Crippen molar-refractivity contribution in [3.63, 3.8) is 0 Å². The summed E-state index contributed by atoms with van der Waals surface area (Å²) in [4.78, 5) is 36.5. The molecule has 2 N–H and O–H groups in total. The fraction of sp³-hybridized carbons (Fsp3) is 0.421. The van der Waals surface area contributed by atoms with E-state index in [1.54, 1.807) is 13.8 Å². The lowest BCUT2D eigenvalue weighted by Crippen LogP contribution is -2.53. The highest BCUT2D eigenvalue weighted by molar-refractivity contribution is 9.11. The van der Waals surface area contributed by atoms with E-state index in [4.69, 9.17) is 9.47 Å². The van der Waals surface area contributed by atoms with Crippen LogP contribution in [0.5, 0.6) is 0 Å². The third kappa shape index (κ3) is 8.25. The van der Waals surface area contributed by atoms with Gasteiger partial charge in [-0.05, 0) is 16.0 Å². The van der Waals surface area contributed by atoms with E-state index in [0.717, 1.165) is 5.56 Å². The molecule has 2 atom stereocenters. The predicted octanol–water partition coefficient (Wildman–Crippen LogP) is 2.89. The van der Waals surface area contributed by atoms with E-state index in [1.807, 2.05) is 30.3 Å². The number of alkyl carbamates (subject to hydrolysis) is 1. The van der Waals surface area contributed by atoms with Crippen LogP contribution in [0.3, 0.4) is 0 Å². The molecule has 0 heterocycles. The second-order valence-corrected chi connectivity index (χ2v) is 7.35. The van der Waals surface area contributed by atoms with Crippen LogP contribution in [0.1, 0.15) is 25.8 Å². The standard InChI is InChI=1S/C19H25BrN2O5/c1-12(2)16(17(23)21-15(10-13(3)20)18(24)26-4)22-19(25)27-11-14-8-6-5-7-9-14/h5-9,12,15-16H,3,10-11H2,1-2,4H3,(H,21,23)(H,22,25)/t15-,16+/m1/s1. The number of hydrogen-bond acceptors (Lipinski definition) is 5. The number of carbonyl (C=O) groups excluding carboxylic acids is 3. The number of methoxy groups -OCH3 is 1. The summed E-state index contributed by atoms with van der Waals surface area (Å²) in [6.45, 7) is 7.31. The van der Waals surface area contributed by atoms with E-state index in [9.17, 15) is 14.4 Å². The van der Waals surface area contributed by atoms with Crippen LogP contribution in [-0.2, 0) is 25.7 Å². The third-order valence-corrected chi connectivity index (χ3v) is 3.99. The van der Waals surface area contributed by atoms with Gasteiger partial charge in [-0.1, -0.05) is 66.7 Å². The summed E-state index contributed by atoms with van der Waals surface area (Å²) in [5.41, 5.74) is 0.833. The number of esters is 1. The van der Waals surface area contributed by atoms with Crippen molar-refractivity contribution in [1.82, 2.24) is 10.6 Å². The van der Waals surface area contributed by atoms with Crippen molar-refractivity contribution in [3.05, 3.63) is 47.0 Å². The van der Waals surface area contributed by atoms with Gasteiger partial charge in [-0.25, -0.2) is 9.59 Å². The molecule has 1 aromatic rings. The Labute approximate surface area is 167 Å². The van der Waals surface area contributed by atoms with Gasteiger partial charge in [0.1, 0.15) is 18.7 Å². The topological polar surface area (TPSA) is 93.7 Å². The number of carbonyl (C=O) groups is 3. The SMILES string of the molecule is C=C(Br)C[C@@H](NC(=O)[C@@H](NC(=O)OCc1ccccc1)C(C)C)C(=O)OC. The van der Waals surface area contributed by atoms with Crippen LogP contribution in [0, 0.1) is 5.92 Å². The van der Waals surface area contributed by atoms with Crippen LogP contribution >= 0.6 is 15.9 Å². The van der Waals surface area contributed by atoms with Crippen LogP contribution in [-0.4, -0.2) is 37.2 Å². The number of benzene rings is 1. The summed E-state index contributed by atoms with van der Waals surface area (Å²) in [7, 11) is 1.23. The number of nitrogens with one attached hydrogen (secondary N) is 2. The lowest BCUT2D eigenvalue weighted by molar-refractivity contribution is -0.145. The zero-order chi connectivity index (χ0) is 20.4. The second-order valence-electron chi connectivity index (χ2n) is 6.23. The molecule has 27 heavy (non-hydrogen) atoms. The maximum atomic E-state index is 12.6. The number of halogens is 1.